The maximum absolute atomic E-state index is 12.7. The number of hydroxylamine groups is 1. The molecule has 2 rings (SSSR count). The van der Waals surface area contributed by atoms with Crippen molar-refractivity contribution in [3.05, 3.63) is 41.1 Å². The minimum atomic E-state index is -0.812. The van der Waals surface area contributed by atoms with Crippen molar-refractivity contribution in [2.75, 3.05) is 0 Å². The monoisotopic (exact) mass is 344 g/mol. The van der Waals surface area contributed by atoms with Gasteiger partial charge in [0.1, 0.15) is 5.60 Å². The summed E-state index contributed by atoms with van der Waals surface area (Å²) in [5, 5.41) is 0.701. The second-order valence-electron chi connectivity index (χ2n) is 6.63. The summed E-state index contributed by atoms with van der Waals surface area (Å²) in [5.41, 5.74) is 4.22. The summed E-state index contributed by atoms with van der Waals surface area (Å²) >= 11 is 0. The van der Waals surface area contributed by atoms with E-state index in [0.717, 1.165) is 16.8 Å². The Hall–Kier alpha value is -2.63. The third-order valence-electron chi connectivity index (χ3n) is 3.60. The van der Waals surface area contributed by atoms with Gasteiger partial charge in [-0.05, 0) is 45.2 Å². The number of nitrogens with one attached hydrogen (secondary N) is 1. The highest BCUT2D eigenvalue weighted by molar-refractivity contribution is 6.05. The second-order valence-corrected chi connectivity index (χ2v) is 6.63. The number of ether oxygens (including phenoxy) is 1. The van der Waals surface area contributed by atoms with E-state index >= 15 is 0 Å². The fraction of sp³-hybridized carbons (Fsp3) is 0.421. The van der Waals surface area contributed by atoms with Gasteiger partial charge in [-0.1, -0.05) is 32.0 Å². The zero-order valence-electron chi connectivity index (χ0n) is 15.3. The van der Waals surface area contributed by atoms with E-state index in [4.69, 9.17) is 9.57 Å². The molecule has 0 unspecified atom stereocenters. The minimum Gasteiger partial charge on any atom is -0.442 e. The summed E-state index contributed by atoms with van der Waals surface area (Å²) in [6.45, 7) is 9.14. The molecule has 1 amide bonds. The fourth-order valence-corrected chi connectivity index (χ4v) is 2.65. The SMILES string of the molecule is CCc1nc2ccccc2c(C(=O)ONC(=O)OC(C)(C)C)c1CC. The van der Waals surface area contributed by atoms with Crippen molar-refractivity contribution in [1.82, 2.24) is 10.5 Å². The van der Waals surface area contributed by atoms with Crippen molar-refractivity contribution in [3.63, 3.8) is 0 Å². The molecule has 0 spiro atoms. The predicted molar refractivity (Wildman–Crippen MR) is 95.3 cm³/mol. The number of fused-ring (bicyclic) bond motifs is 1. The topological polar surface area (TPSA) is 77.5 Å². The van der Waals surface area contributed by atoms with Crippen molar-refractivity contribution in [3.8, 4) is 0 Å². The van der Waals surface area contributed by atoms with E-state index in [1.807, 2.05) is 38.1 Å². The molecule has 0 aliphatic rings. The molecule has 0 aliphatic carbocycles. The van der Waals surface area contributed by atoms with E-state index in [9.17, 15) is 9.59 Å². The minimum absolute atomic E-state index is 0.431. The Morgan fingerprint density at radius 2 is 1.80 bits per heavy atom. The first-order valence-corrected chi connectivity index (χ1v) is 8.37. The van der Waals surface area contributed by atoms with Gasteiger partial charge < -0.3 is 9.57 Å². The first kappa shape index (κ1) is 18.7. The lowest BCUT2D eigenvalue weighted by Gasteiger charge is -2.19. The lowest BCUT2D eigenvalue weighted by Crippen LogP contribution is -2.34. The molecule has 0 radical (unpaired) electrons. The van der Waals surface area contributed by atoms with Crippen LogP contribution in [-0.4, -0.2) is 22.6 Å². The third-order valence-corrected chi connectivity index (χ3v) is 3.60. The van der Waals surface area contributed by atoms with Gasteiger partial charge in [-0.15, -0.1) is 5.48 Å². The number of para-hydroxylation sites is 1. The van der Waals surface area contributed by atoms with E-state index in [0.29, 0.717) is 23.8 Å². The Bertz CT molecular complexity index is 794. The van der Waals surface area contributed by atoms with Crippen LogP contribution in [0.3, 0.4) is 0 Å². The number of amides is 1. The fourth-order valence-electron chi connectivity index (χ4n) is 2.65. The van der Waals surface area contributed by atoms with Gasteiger partial charge in [-0.2, -0.15) is 0 Å². The average molecular weight is 344 g/mol. The van der Waals surface area contributed by atoms with Crippen LogP contribution < -0.4 is 5.48 Å². The zero-order chi connectivity index (χ0) is 18.6. The van der Waals surface area contributed by atoms with Gasteiger partial charge in [0.15, 0.2) is 0 Å². The molecule has 1 aromatic carbocycles. The number of carbonyl (C=O) groups is 2. The van der Waals surface area contributed by atoms with Gasteiger partial charge in [0.05, 0.1) is 11.1 Å². The van der Waals surface area contributed by atoms with Crippen LogP contribution in [0.15, 0.2) is 24.3 Å². The molecule has 0 aliphatic heterocycles. The number of aromatic nitrogens is 1. The van der Waals surface area contributed by atoms with E-state index < -0.39 is 17.7 Å². The van der Waals surface area contributed by atoms with Gasteiger partial charge in [0.25, 0.3) is 0 Å². The van der Waals surface area contributed by atoms with Crippen LogP contribution in [0.25, 0.3) is 10.9 Å². The highest BCUT2D eigenvalue weighted by Crippen LogP contribution is 2.25. The van der Waals surface area contributed by atoms with Crippen LogP contribution in [0.4, 0.5) is 4.79 Å². The Morgan fingerprint density at radius 3 is 2.40 bits per heavy atom. The Labute approximate surface area is 147 Å². The lowest BCUT2D eigenvalue weighted by atomic mass is 9.97. The van der Waals surface area contributed by atoms with Crippen LogP contribution in [0, 0.1) is 0 Å². The van der Waals surface area contributed by atoms with Crippen LogP contribution >= 0.6 is 0 Å². The maximum atomic E-state index is 12.7. The molecule has 134 valence electrons. The number of rotatable bonds is 3. The highest BCUT2D eigenvalue weighted by Gasteiger charge is 2.22. The van der Waals surface area contributed by atoms with Gasteiger partial charge in [-0.25, -0.2) is 9.59 Å². The smallest absolute Gasteiger partial charge is 0.441 e. The molecular weight excluding hydrogens is 320 g/mol. The number of hydrogen-bond acceptors (Lipinski definition) is 5. The lowest BCUT2D eigenvalue weighted by molar-refractivity contribution is -0.00125. The van der Waals surface area contributed by atoms with Gasteiger partial charge in [-0.3, -0.25) is 4.98 Å². The second kappa shape index (κ2) is 7.51. The Morgan fingerprint density at radius 1 is 1.12 bits per heavy atom. The summed E-state index contributed by atoms with van der Waals surface area (Å²) in [5.74, 6) is -0.629. The predicted octanol–water partition coefficient (Wildman–Crippen LogP) is 3.96. The first-order valence-electron chi connectivity index (χ1n) is 8.37. The van der Waals surface area contributed by atoms with E-state index in [2.05, 4.69) is 10.5 Å². The van der Waals surface area contributed by atoms with Crippen molar-refractivity contribution in [2.24, 2.45) is 0 Å². The highest BCUT2D eigenvalue weighted by atomic mass is 16.7. The molecule has 1 N–H and O–H groups in total. The number of pyridine rings is 1. The number of benzene rings is 1. The third kappa shape index (κ3) is 4.47. The number of nitrogens with zero attached hydrogens (tertiary/aromatic N) is 1. The van der Waals surface area contributed by atoms with Gasteiger partial charge in [0.2, 0.25) is 0 Å². The standard InChI is InChI=1S/C19H24N2O4/c1-6-12-14(7-2)20-15-11-9-8-10-13(15)16(12)17(22)25-21-18(23)24-19(3,4)5/h8-11H,6-7H2,1-5H3,(H,21,23). The molecule has 1 aromatic heterocycles. The van der Waals surface area contributed by atoms with E-state index in [1.54, 1.807) is 20.8 Å². The largest absolute Gasteiger partial charge is 0.442 e. The van der Waals surface area contributed by atoms with Gasteiger partial charge in [0, 0.05) is 11.1 Å². The molecule has 0 fully saturated rings. The zero-order valence-corrected chi connectivity index (χ0v) is 15.3. The average Bonchev–Trinajstić information content (AvgIpc) is 2.56. The van der Waals surface area contributed by atoms with Crippen LogP contribution in [0.5, 0.6) is 0 Å². The van der Waals surface area contributed by atoms with Gasteiger partial charge >= 0.3 is 12.1 Å². The number of aryl methyl sites for hydroxylation is 1. The van der Waals surface area contributed by atoms with Crippen LogP contribution in [-0.2, 0) is 22.4 Å². The maximum Gasteiger partial charge on any atom is 0.441 e. The van der Waals surface area contributed by atoms with Crippen LogP contribution in [0.2, 0.25) is 0 Å². The van der Waals surface area contributed by atoms with E-state index in [1.165, 1.54) is 0 Å². The molecule has 25 heavy (non-hydrogen) atoms. The molecular formula is C19H24N2O4. The number of hydrogen-bond donors (Lipinski definition) is 1. The van der Waals surface area contributed by atoms with Crippen molar-refractivity contribution < 1.29 is 19.2 Å². The first-order chi connectivity index (χ1) is 11.8. The molecule has 2 aromatic rings. The number of carbonyl (C=O) groups excluding carboxylic acids is 2. The summed E-state index contributed by atoms with van der Waals surface area (Å²) in [6.07, 6.45) is 0.527. The van der Waals surface area contributed by atoms with Crippen LogP contribution in [0.1, 0.15) is 56.2 Å². The van der Waals surface area contributed by atoms with Crippen molar-refractivity contribution >= 4 is 23.0 Å². The molecule has 0 atom stereocenters. The van der Waals surface area contributed by atoms with E-state index in [-0.39, 0.29) is 0 Å². The Balaban J connectivity index is 2.35. The summed E-state index contributed by atoms with van der Waals surface area (Å²) < 4.78 is 5.07. The summed E-state index contributed by atoms with van der Waals surface area (Å²) in [6, 6.07) is 7.39. The quantitative estimate of drug-likeness (QED) is 0.853. The molecule has 0 saturated heterocycles. The summed E-state index contributed by atoms with van der Waals surface area (Å²) in [4.78, 5) is 34.0. The molecule has 6 heteroatoms. The normalized spacial score (nSPS) is 11.2. The molecule has 1 heterocycles. The summed E-state index contributed by atoms with van der Waals surface area (Å²) in [7, 11) is 0. The molecule has 6 nitrogen and oxygen atoms in total. The Kier molecular flexibility index (Phi) is 5.62. The van der Waals surface area contributed by atoms with Crippen molar-refractivity contribution in [2.45, 2.75) is 53.1 Å². The molecule has 0 bridgehead atoms. The van der Waals surface area contributed by atoms with Crippen molar-refractivity contribution in [1.29, 1.82) is 0 Å². The molecule has 0 saturated carbocycles.